The standard InChI is InChI=1S/C25H37N3O5S/c1-15(2)22(27-24(30)25-12-16-8-17(13-25)10-18(9-16)14-25)23(29)26-20-11-19(6-7-21(20)33-5)34(31,32)28(3)4/h6-7,11,15-18,22H,8-10,12-14H2,1-5H3,(H,26,29)(H,27,30)/t16?,17?,18?,22-,25?/m0/s1. The van der Waals surface area contributed by atoms with E-state index in [1.165, 1.54) is 58.7 Å². The molecule has 1 aromatic rings. The summed E-state index contributed by atoms with van der Waals surface area (Å²) >= 11 is 0. The fourth-order valence-corrected chi connectivity index (χ4v) is 7.51. The maximum Gasteiger partial charge on any atom is 0.247 e. The molecule has 34 heavy (non-hydrogen) atoms. The number of hydrogen-bond donors (Lipinski definition) is 2. The van der Waals surface area contributed by atoms with Gasteiger partial charge in [0.2, 0.25) is 21.8 Å². The maximum atomic E-state index is 13.6. The van der Waals surface area contributed by atoms with Gasteiger partial charge in [-0.1, -0.05) is 13.8 Å². The molecule has 5 rings (SSSR count). The van der Waals surface area contributed by atoms with Crippen LogP contribution in [0.4, 0.5) is 5.69 Å². The topological polar surface area (TPSA) is 105 Å². The first-order chi connectivity index (χ1) is 15.9. The van der Waals surface area contributed by atoms with Crippen LogP contribution in [-0.2, 0) is 19.6 Å². The number of carbonyl (C=O) groups is 2. The smallest absolute Gasteiger partial charge is 0.247 e. The van der Waals surface area contributed by atoms with E-state index in [-0.39, 0.29) is 33.7 Å². The zero-order chi connectivity index (χ0) is 24.8. The Morgan fingerprint density at radius 2 is 1.62 bits per heavy atom. The number of nitrogens with zero attached hydrogens (tertiary/aromatic N) is 1. The van der Waals surface area contributed by atoms with Gasteiger partial charge in [-0.25, -0.2) is 12.7 Å². The van der Waals surface area contributed by atoms with E-state index >= 15 is 0 Å². The second-order valence-electron chi connectivity index (χ2n) is 11.0. The molecular weight excluding hydrogens is 454 g/mol. The molecule has 2 N–H and O–H groups in total. The lowest BCUT2D eigenvalue weighted by Crippen LogP contribution is -2.57. The van der Waals surface area contributed by atoms with Crippen LogP contribution in [0.1, 0.15) is 52.4 Å². The summed E-state index contributed by atoms with van der Waals surface area (Å²) in [5.41, 5.74) is -0.0929. The van der Waals surface area contributed by atoms with E-state index in [1.54, 1.807) is 0 Å². The molecule has 0 aromatic heterocycles. The molecule has 0 spiro atoms. The van der Waals surface area contributed by atoms with Crippen molar-refractivity contribution in [1.82, 2.24) is 9.62 Å². The molecule has 9 heteroatoms. The lowest BCUT2D eigenvalue weighted by molar-refractivity contribution is -0.148. The van der Waals surface area contributed by atoms with Gasteiger partial charge in [-0.3, -0.25) is 9.59 Å². The van der Waals surface area contributed by atoms with Gasteiger partial charge in [0, 0.05) is 19.5 Å². The predicted octanol–water partition coefficient (Wildman–Crippen LogP) is 3.24. The number of ether oxygens (including phenoxy) is 1. The molecule has 1 aromatic carbocycles. The average Bonchev–Trinajstić information content (AvgIpc) is 2.75. The van der Waals surface area contributed by atoms with E-state index in [1.807, 2.05) is 13.8 Å². The van der Waals surface area contributed by atoms with Crippen molar-refractivity contribution in [3.63, 3.8) is 0 Å². The monoisotopic (exact) mass is 491 g/mol. The number of sulfonamides is 1. The van der Waals surface area contributed by atoms with Crippen molar-refractivity contribution in [3.05, 3.63) is 18.2 Å². The van der Waals surface area contributed by atoms with Gasteiger partial charge in [0.25, 0.3) is 0 Å². The van der Waals surface area contributed by atoms with Crippen molar-refractivity contribution in [2.45, 2.75) is 63.3 Å². The highest BCUT2D eigenvalue weighted by Crippen LogP contribution is 2.60. The summed E-state index contributed by atoms with van der Waals surface area (Å²) in [4.78, 5) is 26.9. The molecule has 188 valence electrons. The average molecular weight is 492 g/mol. The predicted molar refractivity (Wildman–Crippen MR) is 130 cm³/mol. The zero-order valence-electron chi connectivity index (χ0n) is 20.8. The van der Waals surface area contributed by atoms with E-state index < -0.39 is 16.1 Å². The second-order valence-corrected chi connectivity index (χ2v) is 13.2. The van der Waals surface area contributed by atoms with Crippen molar-refractivity contribution in [2.24, 2.45) is 29.1 Å². The summed E-state index contributed by atoms with van der Waals surface area (Å²) in [5, 5.41) is 5.89. The van der Waals surface area contributed by atoms with Gasteiger partial charge in [0.15, 0.2) is 0 Å². The third-order valence-corrected chi connectivity index (χ3v) is 9.77. The van der Waals surface area contributed by atoms with Gasteiger partial charge in [-0.15, -0.1) is 0 Å². The zero-order valence-corrected chi connectivity index (χ0v) is 21.6. The molecular formula is C25H37N3O5S. The van der Waals surface area contributed by atoms with Crippen molar-refractivity contribution >= 4 is 27.5 Å². The molecule has 8 nitrogen and oxygen atoms in total. The van der Waals surface area contributed by atoms with Crippen LogP contribution in [0, 0.1) is 29.1 Å². The van der Waals surface area contributed by atoms with Crippen LogP contribution in [0.5, 0.6) is 5.75 Å². The summed E-state index contributed by atoms with van der Waals surface area (Å²) in [7, 11) is 0.675. The highest BCUT2D eigenvalue weighted by atomic mass is 32.2. The van der Waals surface area contributed by atoms with Gasteiger partial charge in [0.1, 0.15) is 11.8 Å². The van der Waals surface area contributed by atoms with Crippen molar-refractivity contribution in [3.8, 4) is 5.75 Å². The molecule has 2 amide bonds. The molecule has 4 saturated carbocycles. The van der Waals surface area contributed by atoms with E-state index in [9.17, 15) is 18.0 Å². The van der Waals surface area contributed by atoms with E-state index in [0.717, 1.165) is 23.6 Å². The molecule has 1 atom stereocenters. The highest BCUT2D eigenvalue weighted by Gasteiger charge is 2.55. The van der Waals surface area contributed by atoms with Gasteiger partial charge in [-0.2, -0.15) is 0 Å². The number of carbonyl (C=O) groups excluding carboxylic acids is 2. The number of rotatable bonds is 8. The van der Waals surface area contributed by atoms with E-state index in [2.05, 4.69) is 10.6 Å². The number of anilines is 1. The summed E-state index contributed by atoms with van der Waals surface area (Å²) < 4.78 is 31.6. The first-order valence-electron chi connectivity index (χ1n) is 12.2. The van der Waals surface area contributed by atoms with Gasteiger partial charge in [0.05, 0.1) is 17.7 Å². The summed E-state index contributed by atoms with van der Waals surface area (Å²) in [6, 6.07) is 3.62. The van der Waals surface area contributed by atoms with E-state index in [0.29, 0.717) is 23.5 Å². The fraction of sp³-hybridized carbons (Fsp3) is 0.680. The van der Waals surface area contributed by atoms with Gasteiger partial charge >= 0.3 is 0 Å². The number of nitrogens with one attached hydrogen (secondary N) is 2. The molecule has 0 saturated heterocycles. The first-order valence-corrected chi connectivity index (χ1v) is 13.6. The van der Waals surface area contributed by atoms with Crippen molar-refractivity contribution in [1.29, 1.82) is 0 Å². The van der Waals surface area contributed by atoms with Crippen LogP contribution in [-0.4, -0.2) is 51.8 Å². The summed E-state index contributed by atoms with van der Waals surface area (Å²) in [6.07, 6.45) is 6.51. The van der Waals surface area contributed by atoms with Crippen LogP contribution >= 0.6 is 0 Å². The van der Waals surface area contributed by atoms with Crippen LogP contribution < -0.4 is 15.4 Å². The Kier molecular flexibility index (Phi) is 6.72. The van der Waals surface area contributed by atoms with Crippen LogP contribution in [0.25, 0.3) is 0 Å². The Morgan fingerprint density at radius 3 is 2.09 bits per heavy atom. The van der Waals surface area contributed by atoms with Crippen LogP contribution in [0.2, 0.25) is 0 Å². The third-order valence-electron chi connectivity index (χ3n) is 7.96. The minimum absolute atomic E-state index is 0.00338. The lowest BCUT2D eigenvalue weighted by atomic mass is 9.49. The van der Waals surface area contributed by atoms with Crippen LogP contribution in [0.15, 0.2) is 23.1 Å². The quantitative estimate of drug-likeness (QED) is 0.581. The molecule has 0 radical (unpaired) electrons. The van der Waals surface area contributed by atoms with Crippen molar-refractivity contribution < 1.29 is 22.7 Å². The third kappa shape index (κ3) is 4.56. The highest BCUT2D eigenvalue weighted by molar-refractivity contribution is 7.89. The van der Waals surface area contributed by atoms with Gasteiger partial charge in [-0.05, 0) is 80.4 Å². The fourth-order valence-electron chi connectivity index (χ4n) is 6.58. The van der Waals surface area contributed by atoms with Crippen LogP contribution in [0.3, 0.4) is 0 Å². The Labute approximate surface area is 202 Å². The molecule has 4 aliphatic rings. The van der Waals surface area contributed by atoms with Gasteiger partial charge < -0.3 is 15.4 Å². The molecule has 0 aliphatic heterocycles. The molecule has 0 unspecified atom stereocenters. The molecule has 4 bridgehead atoms. The summed E-state index contributed by atoms with van der Waals surface area (Å²) in [6.45, 7) is 3.79. The Bertz CT molecular complexity index is 1030. The number of methoxy groups -OCH3 is 1. The summed E-state index contributed by atoms with van der Waals surface area (Å²) in [5.74, 6) is 1.72. The minimum Gasteiger partial charge on any atom is -0.495 e. The number of hydrogen-bond acceptors (Lipinski definition) is 5. The Balaban J connectivity index is 1.53. The molecule has 0 heterocycles. The molecule has 4 fully saturated rings. The maximum absolute atomic E-state index is 13.6. The Hall–Kier alpha value is -2.13. The number of amides is 2. The molecule has 4 aliphatic carbocycles. The lowest BCUT2D eigenvalue weighted by Gasteiger charge is -2.55. The van der Waals surface area contributed by atoms with Crippen molar-refractivity contribution in [2.75, 3.05) is 26.5 Å². The Morgan fingerprint density at radius 1 is 1.06 bits per heavy atom. The SMILES string of the molecule is COc1ccc(S(=O)(=O)N(C)C)cc1NC(=O)[C@@H](NC(=O)C12CC3CC(CC(C3)C1)C2)C(C)C. The normalized spacial score (nSPS) is 28.7. The first kappa shape index (κ1) is 25.0. The minimum atomic E-state index is -3.69. The van der Waals surface area contributed by atoms with E-state index in [4.69, 9.17) is 4.74 Å². The second kappa shape index (κ2) is 9.15. The largest absolute Gasteiger partial charge is 0.495 e. The number of benzene rings is 1.